The van der Waals surface area contributed by atoms with E-state index >= 15 is 0 Å². The first-order chi connectivity index (χ1) is 13.4. The topological polar surface area (TPSA) is 91.6 Å². The molecule has 0 atom stereocenters. The number of carbonyl (C=O) groups excluding carboxylic acids is 1. The summed E-state index contributed by atoms with van der Waals surface area (Å²) in [6, 6.07) is 11.5. The van der Waals surface area contributed by atoms with E-state index < -0.39 is 0 Å². The second kappa shape index (κ2) is 6.88. The number of ketones is 1. The lowest BCUT2D eigenvalue weighted by atomic mass is 10.1. The standard InChI is InChI=1S/C20H20N6O2/c1-12-5-7-16(8-6-12)20-21-24-25(22-20)11-18(27)17-9-13(2)26(15(17)4)19-10-14(3)28-23-19/h5-10H,11H2,1-4H3. The van der Waals surface area contributed by atoms with Gasteiger partial charge < -0.3 is 4.52 Å². The zero-order valence-electron chi connectivity index (χ0n) is 16.2. The van der Waals surface area contributed by atoms with Crippen LogP contribution in [-0.4, -0.2) is 35.7 Å². The monoisotopic (exact) mass is 376 g/mol. The summed E-state index contributed by atoms with van der Waals surface area (Å²) >= 11 is 0. The number of hydrogen-bond acceptors (Lipinski definition) is 6. The lowest BCUT2D eigenvalue weighted by Crippen LogP contribution is -2.14. The molecule has 0 unspecified atom stereocenters. The lowest BCUT2D eigenvalue weighted by Gasteiger charge is -2.05. The van der Waals surface area contributed by atoms with Crippen molar-refractivity contribution in [3.05, 3.63) is 64.7 Å². The second-order valence-electron chi connectivity index (χ2n) is 6.85. The third-order valence-electron chi connectivity index (χ3n) is 4.62. The molecule has 1 aromatic carbocycles. The lowest BCUT2D eigenvalue weighted by molar-refractivity contribution is 0.0961. The van der Waals surface area contributed by atoms with E-state index in [-0.39, 0.29) is 12.3 Å². The summed E-state index contributed by atoms with van der Waals surface area (Å²) in [5, 5.41) is 16.5. The van der Waals surface area contributed by atoms with Crippen LogP contribution in [0.5, 0.6) is 0 Å². The Morgan fingerprint density at radius 1 is 1.07 bits per heavy atom. The van der Waals surface area contributed by atoms with Gasteiger partial charge in [0.1, 0.15) is 12.3 Å². The summed E-state index contributed by atoms with van der Waals surface area (Å²) in [6.45, 7) is 7.68. The van der Waals surface area contributed by atoms with Crippen LogP contribution in [0.25, 0.3) is 17.2 Å². The summed E-state index contributed by atoms with van der Waals surface area (Å²) in [4.78, 5) is 14.2. The fourth-order valence-electron chi connectivity index (χ4n) is 3.20. The smallest absolute Gasteiger partial charge is 0.204 e. The Hall–Kier alpha value is -3.55. The SMILES string of the molecule is Cc1ccc(-c2nnn(CC(=O)c3cc(C)n(-c4cc(C)on4)c3C)n2)cc1. The highest BCUT2D eigenvalue weighted by molar-refractivity contribution is 5.97. The van der Waals surface area contributed by atoms with Crippen LogP contribution in [0, 0.1) is 27.7 Å². The van der Waals surface area contributed by atoms with E-state index in [1.165, 1.54) is 4.80 Å². The molecule has 0 amide bonds. The van der Waals surface area contributed by atoms with Crippen LogP contribution in [0.3, 0.4) is 0 Å². The van der Waals surface area contributed by atoms with Crippen LogP contribution in [0.1, 0.15) is 33.1 Å². The highest BCUT2D eigenvalue weighted by Gasteiger charge is 2.19. The third kappa shape index (κ3) is 3.24. The van der Waals surface area contributed by atoms with Crippen LogP contribution < -0.4 is 0 Å². The average molecular weight is 376 g/mol. The molecule has 0 saturated heterocycles. The second-order valence-corrected chi connectivity index (χ2v) is 6.85. The Kier molecular flexibility index (Phi) is 4.38. The van der Waals surface area contributed by atoms with Gasteiger partial charge in [0.25, 0.3) is 0 Å². The molecule has 4 rings (SSSR count). The highest BCUT2D eigenvalue weighted by atomic mass is 16.5. The molecular formula is C20H20N6O2. The quantitative estimate of drug-likeness (QED) is 0.497. The minimum atomic E-state index is -0.0903. The fraction of sp³-hybridized carbons (Fsp3) is 0.250. The molecular weight excluding hydrogens is 356 g/mol. The van der Waals surface area contributed by atoms with Crippen molar-refractivity contribution in [2.75, 3.05) is 0 Å². The molecule has 3 heterocycles. The summed E-state index contributed by atoms with van der Waals surface area (Å²) < 4.78 is 7.06. The van der Waals surface area contributed by atoms with Gasteiger partial charge in [0, 0.05) is 28.6 Å². The first-order valence-corrected chi connectivity index (χ1v) is 8.93. The number of tetrazole rings is 1. The number of nitrogens with zero attached hydrogens (tertiary/aromatic N) is 6. The molecule has 142 valence electrons. The molecule has 0 spiro atoms. The van der Waals surface area contributed by atoms with Crippen molar-refractivity contribution < 1.29 is 9.32 Å². The molecule has 0 N–H and O–H groups in total. The van der Waals surface area contributed by atoms with E-state index in [4.69, 9.17) is 4.52 Å². The van der Waals surface area contributed by atoms with Crippen molar-refractivity contribution in [3.63, 3.8) is 0 Å². The number of hydrogen-bond donors (Lipinski definition) is 0. The molecule has 8 nitrogen and oxygen atoms in total. The largest absolute Gasteiger partial charge is 0.360 e. The van der Waals surface area contributed by atoms with Gasteiger partial charge in [-0.05, 0) is 39.0 Å². The Morgan fingerprint density at radius 2 is 1.82 bits per heavy atom. The molecule has 3 aromatic heterocycles. The van der Waals surface area contributed by atoms with Gasteiger partial charge in [-0.1, -0.05) is 35.0 Å². The molecule has 0 aliphatic carbocycles. The highest BCUT2D eigenvalue weighted by Crippen LogP contribution is 2.21. The van der Waals surface area contributed by atoms with Crippen molar-refractivity contribution in [1.82, 2.24) is 29.9 Å². The van der Waals surface area contributed by atoms with Crippen LogP contribution in [0.4, 0.5) is 0 Å². The van der Waals surface area contributed by atoms with Crippen molar-refractivity contribution >= 4 is 5.78 Å². The van der Waals surface area contributed by atoms with E-state index in [2.05, 4.69) is 20.6 Å². The van der Waals surface area contributed by atoms with E-state index in [0.29, 0.717) is 23.0 Å². The predicted octanol–water partition coefficient (Wildman–Crippen LogP) is 3.24. The maximum Gasteiger partial charge on any atom is 0.204 e. The molecule has 0 aliphatic rings. The molecule has 28 heavy (non-hydrogen) atoms. The number of rotatable bonds is 5. The van der Waals surface area contributed by atoms with Crippen LogP contribution >= 0.6 is 0 Å². The number of carbonyl (C=O) groups is 1. The van der Waals surface area contributed by atoms with Crippen LogP contribution in [0.15, 0.2) is 40.9 Å². The normalized spacial score (nSPS) is 11.1. The minimum absolute atomic E-state index is 0.0149. The van der Waals surface area contributed by atoms with Gasteiger partial charge in [0.15, 0.2) is 11.6 Å². The van der Waals surface area contributed by atoms with Gasteiger partial charge in [0.05, 0.1) is 0 Å². The molecule has 4 aromatic rings. The van der Waals surface area contributed by atoms with Crippen molar-refractivity contribution in [2.45, 2.75) is 34.2 Å². The van der Waals surface area contributed by atoms with E-state index in [9.17, 15) is 4.79 Å². The first kappa shape index (κ1) is 17.8. The predicted molar refractivity (Wildman–Crippen MR) is 102 cm³/mol. The number of benzene rings is 1. The van der Waals surface area contributed by atoms with Gasteiger partial charge in [-0.2, -0.15) is 4.80 Å². The van der Waals surface area contributed by atoms with Gasteiger partial charge in [-0.3, -0.25) is 9.36 Å². The van der Waals surface area contributed by atoms with Gasteiger partial charge in [-0.25, -0.2) is 0 Å². The van der Waals surface area contributed by atoms with Crippen molar-refractivity contribution in [1.29, 1.82) is 0 Å². The average Bonchev–Trinajstić information content (AvgIpc) is 3.35. The van der Waals surface area contributed by atoms with E-state index in [0.717, 1.165) is 22.5 Å². The molecule has 0 fully saturated rings. The maximum atomic E-state index is 12.8. The van der Waals surface area contributed by atoms with E-state index in [1.54, 1.807) is 0 Å². The fourth-order valence-corrected chi connectivity index (χ4v) is 3.20. The first-order valence-electron chi connectivity index (χ1n) is 8.93. The number of aromatic nitrogens is 6. The molecule has 8 heteroatoms. The summed E-state index contributed by atoms with van der Waals surface area (Å²) in [5.74, 6) is 1.78. The Balaban J connectivity index is 1.57. The maximum absolute atomic E-state index is 12.8. The number of Topliss-reactive ketones (excluding diaryl/α,β-unsaturated/α-hetero) is 1. The third-order valence-corrected chi connectivity index (χ3v) is 4.62. The Bertz CT molecular complexity index is 1150. The molecule has 0 bridgehead atoms. The zero-order chi connectivity index (χ0) is 19.8. The van der Waals surface area contributed by atoms with Crippen LogP contribution in [0.2, 0.25) is 0 Å². The van der Waals surface area contributed by atoms with Gasteiger partial charge >= 0.3 is 0 Å². The Labute approximate surface area is 161 Å². The summed E-state index contributed by atoms with van der Waals surface area (Å²) in [6.07, 6.45) is 0. The van der Waals surface area contributed by atoms with Crippen molar-refractivity contribution in [3.8, 4) is 17.2 Å². The molecule has 0 radical (unpaired) electrons. The molecule has 0 aliphatic heterocycles. The summed E-state index contributed by atoms with van der Waals surface area (Å²) in [7, 11) is 0. The van der Waals surface area contributed by atoms with E-state index in [1.807, 2.05) is 68.7 Å². The van der Waals surface area contributed by atoms with Crippen LogP contribution in [-0.2, 0) is 6.54 Å². The van der Waals surface area contributed by atoms with Crippen molar-refractivity contribution in [2.24, 2.45) is 0 Å². The zero-order valence-corrected chi connectivity index (χ0v) is 16.2. The van der Waals surface area contributed by atoms with Gasteiger partial charge in [-0.15, -0.1) is 10.2 Å². The molecule has 0 saturated carbocycles. The minimum Gasteiger partial charge on any atom is -0.360 e. The number of aryl methyl sites for hydroxylation is 3. The summed E-state index contributed by atoms with van der Waals surface area (Å²) in [5.41, 5.74) is 4.33. The Morgan fingerprint density at radius 3 is 2.50 bits per heavy atom. The van der Waals surface area contributed by atoms with Gasteiger partial charge in [0.2, 0.25) is 5.82 Å².